The molecule has 2 aromatic rings. The molecular formula is C34H43FN4. The zero-order chi connectivity index (χ0) is 27.8. The number of hydrogen-bond acceptors (Lipinski definition) is 4. The third-order valence-corrected chi connectivity index (χ3v) is 7.56. The number of anilines is 1. The molecule has 1 N–H and O–H groups in total. The van der Waals surface area contributed by atoms with Crippen molar-refractivity contribution in [3.8, 4) is 0 Å². The third-order valence-electron chi connectivity index (χ3n) is 7.56. The van der Waals surface area contributed by atoms with Crippen LogP contribution in [-0.2, 0) is 6.54 Å². The van der Waals surface area contributed by atoms with Gasteiger partial charge in [-0.15, -0.1) is 0 Å². The quantitative estimate of drug-likeness (QED) is 0.356. The summed E-state index contributed by atoms with van der Waals surface area (Å²) in [5, 5.41) is 3.07. The summed E-state index contributed by atoms with van der Waals surface area (Å²) in [5.41, 5.74) is 7.65. The van der Waals surface area contributed by atoms with Gasteiger partial charge < -0.3 is 5.32 Å². The molecule has 2 aliphatic rings. The Morgan fingerprint density at radius 1 is 1.08 bits per heavy atom. The van der Waals surface area contributed by atoms with Crippen molar-refractivity contribution in [3.05, 3.63) is 107 Å². The average Bonchev–Trinajstić information content (AvgIpc) is 2.91. The second-order valence-corrected chi connectivity index (χ2v) is 11.2. The van der Waals surface area contributed by atoms with Crippen LogP contribution in [0.1, 0.15) is 76.4 Å². The normalized spacial score (nSPS) is 19.3. The van der Waals surface area contributed by atoms with Gasteiger partial charge in [-0.1, -0.05) is 48.6 Å². The number of alkyl halides is 1. The van der Waals surface area contributed by atoms with Gasteiger partial charge in [0.15, 0.2) is 0 Å². The molecule has 206 valence electrons. The average molecular weight is 527 g/mol. The zero-order valence-corrected chi connectivity index (χ0v) is 24.1. The van der Waals surface area contributed by atoms with Gasteiger partial charge in [0, 0.05) is 31.0 Å². The highest BCUT2D eigenvalue weighted by Gasteiger charge is 2.22. The van der Waals surface area contributed by atoms with Crippen molar-refractivity contribution in [3.63, 3.8) is 0 Å². The summed E-state index contributed by atoms with van der Waals surface area (Å²) in [6.07, 6.45) is 15.5. The van der Waals surface area contributed by atoms with Gasteiger partial charge in [0.25, 0.3) is 0 Å². The van der Waals surface area contributed by atoms with Crippen molar-refractivity contribution in [1.82, 2.24) is 14.9 Å². The van der Waals surface area contributed by atoms with Crippen LogP contribution in [0.2, 0.25) is 0 Å². The van der Waals surface area contributed by atoms with Crippen LogP contribution < -0.4 is 5.32 Å². The molecule has 1 fully saturated rings. The molecule has 1 saturated heterocycles. The monoisotopic (exact) mass is 526 g/mol. The fraction of sp³-hybridized carbons (Fsp3) is 0.412. The maximum absolute atomic E-state index is 14.3. The van der Waals surface area contributed by atoms with Gasteiger partial charge >= 0.3 is 0 Å². The van der Waals surface area contributed by atoms with Crippen LogP contribution in [0.15, 0.2) is 89.7 Å². The number of aromatic nitrogens is 2. The number of aryl methyl sites for hydroxylation is 1. The maximum atomic E-state index is 14.3. The molecular weight excluding hydrogens is 483 g/mol. The first kappa shape index (κ1) is 28.7. The molecule has 0 amide bonds. The predicted octanol–water partition coefficient (Wildman–Crippen LogP) is 8.51. The van der Waals surface area contributed by atoms with Gasteiger partial charge in [0.1, 0.15) is 11.5 Å². The maximum Gasteiger partial charge on any atom is 0.144 e. The Balaban J connectivity index is 1.52. The van der Waals surface area contributed by atoms with Crippen LogP contribution >= 0.6 is 0 Å². The van der Waals surface area contributed by atoms with Crippen molar-refractivity contribution < 1.29 is 4.39 Å². The number of allylic oxidation sites excluding steroid dienone is 7. The van der Waals surface area contributed by atoms with E-state index in [2.05, 4.69) is 79.2 Å². The Morgan fingerprint density at radius 3 is 2.64 bits per heavy atom. The van der Waals surface area contributed by atoms with Gasteiger partial charge in [-0.25, -0.2) is 9.37 Å². The van der Waals surface area contributed by atoms with Gasteiger partial charge in [-0.2, -0.15) is 0 Å². The summed E-state index contributed by atoms with van der Waals surface area (Å²) < 4.78 is 14.3. The first-order valence-electron chi connectivity index (χ1n) is 14.2. The van der Waals surface area contributed by atoms with E-state index in [0.29, 0.717) is 11.5 Å². The number of pyridine rings is 2. The number of nitrogens with zero attached hydrogens (tertiary/aromatic N) is 3. The number of piperidine rings is 1. The first-order valence-corrected chi connectivity index (χ1v) is 14.2. The van der Waals surface area contributed by atoms with E-state index in [1.165, 1.54) is 49.0 Å². The number of halogens is 1. The second-order valence-electron chi connectivity index (χ2n) is 11.2. The number of likely N-dealkylation sites (tertiary alicyclic amines) is 1. The largest absolute Gasteiger partial charge is 0.341 e. The van der Waals surface area contributed by atoms with E-state index in [-0.39, 0.29) is 0 Å². The topological polar surface area (TPSA) is 41.0 Å². The van der Waals surface area contributed by atoms with E-state index in [0.717, 1.165) is 62.4 Å². The Bertz CT molecular complexity index is 1290. The number of hydrogen-bond donors (Lipinski definition) is 1. The zero-order valence-electron chi connectivity index (χ0n) is 24.1. The summed E-state index contributed by atoms with van der Waals surface area (Å²) in [6.45, 7) is 13.8. The minimum absolute atomic E-state index is 0.319. The van der Waals surface area contributed by atoms with E-state index in [1.54, 1.807) is 0 Å². The number of rotatable bonds is 9. The first-order chi connectivity index (χ1) is 18.7. The molecule has 39 heavy (non-hydrogen) atoms. The molecule has 0 aromatic carbocycles. The highest BCUT2D eigenvalue weighted by atomic mass is 19.1. The van der Waals surface area contributed by atoms with Crippen LogP contribution in [0.3, 0.4) is 0 Å². The van der Waals surface area contributed by atoms with Crippen LogP contribution in [0, 0.1) is 6.92 Å². The second kappa shape index (κ2) is 13.2. The lowest BCUT2D eigenvalue weighted by Gasteiger charge is -2.30. The molecule has 4 rings (SSSR count). The highest BCUT2D eigenvalue weighted by molar-refractivity contribution is 5.68. The van der Waals surface area contributed by atoms with E-state index in [4.69, 9.17) is 9.97 Å². The Hall–Kier alpha value is -3.31. The van der Waals surface area contributed by atoms with Crippen molar-refractivity contribution in [2.75, 3.05) is 18.4 Å². The molecule has 0 saturated carbocycles. The molecule has 2 aromatic heterocycles. The van der Waals surface area contributed by atoms with Crippen LogP contribution in [0.5, 0.6) is 0 Å². The van der Waals surface area contributed by atoms with Crippen molar-refractivity contribution in [1.29, 1.82) is 0 Å². The van der Waals surface area contributed by atoms with Gasteiger partial charge in [-0.3, -0.25) is 9.88 Å². The minimum Gasteiger partial charge on any atom is -0.341 e. The van der Waals surface area contributed by atoms with Gasteiger partial charge in [-0.05, 0) is 107 Å². The molecule has 3 heterocycles. The van der Waals surface area contributed by atoms with Gasteiger partial charge in [0.05, 0.1) is 11.4 Å². The Labute approximate surface area is 234 Å². The van der Waals surface area contributed by atoms with Crippen molar-refractivity contribution >= 4 is 11.4 Å². The molecule has 4 nitrogen and oxygen atoms in total. The van der Waals surface area contributed by atoms with E-state index in [1.807, 2.05) is 12.1 Å². The number of nitrogens with one attached hydrogen (secondary N) is 1. The van der Waals surface area contributed by atoms with Crippen LogP contribution in [0.4, 0.5) is 10.2 Å². The summed E-state index contributed by atoms with van der Waals surface area (Å²) in [4.78, 5) is 12.1. The highest BCUT2D eigenvalue weighted by Crippen LogP contribution is 2.35. The fourth-order valence-corrected chi connectivity index (χ4v) is 5.24. The molecule has 0 spiro atoms. The van der Waals surface area contributed by atoms with E-state index in [9.17, 15) is 4.39 Å². The Morgan fingerprint density at radius 2 is 1.87 bits per heavy atom. The molecule has 0 bridgehead atoms. The van der Waals surface area contributed by atoms with Gasteiger partial charge in [0.2, 0.25) is 0 Å². The van der Waals surface area contributed by atoms with Crippen LogP contribution in [0.25, 0.3) is 5.57 Å². The van der Waals surface area contributed by atoms with Crippen molar-refractivity contribution in [2.45, 2.75) is 78.4 Å². The predicted molar refractivity (Wildman–Crippen MR) is 162 cm³/mol. The third kappa shape index (κ3) is 8.09. The van der Waals surface area contributed by atoms with E-state index >= 15 is 0 Å². The lowest BCUT2D eigenvalue weighted by molar-refractivity contribution is 0.271. The smallest absolute Gasteiger partial charge is 0.144 e. The summed E-state index contributed by atoms with van der Waals surface area (Å²) >= 11 is 0. The fourth-order valence-electron chi connectivity index (χ4n) is 5.24. The molecule has 0 radical (unpaired) electrons. The lowest BCUT2D eigenvalue weighted by atomic mass is 9.86. The summed E-state index contributed by atoms with van der Waals surface area (Å²) in [6, 6.07) is 12.2. The Kier molecular flexibility index (Phi) is 9.68. The molecule has 0 unspecified atom stereocenters. The minimum atomic E-state index is -1.51. The summed E-state index contributed by atoms with van der Waals surface area (Å²) in [7, 11) is 0. The molecule has 1 aliphatic carbocycles. The SMILES string of the molecule is C=C(Nc1cccc(C2=C(C/C=C3/CCN(Cc4cccc(C)n4)C/C3=C/C=C/C)CCCC2)n1)C(C)(C)F. The summed E-state index contributed by atoms with van der Waals surface area (Å²) in [5.74, 6) is 0.644. The standard InChI is InChI=1S/C34H43FN4/c1-6-7-13-29-23-39(24-30-15-10-12-25(2)36-30)22-21-27(29)19-20-28-14-8-9-16-31(28)32-17-11-18-33(38-32)37-26(3)34(4,5)35/h6-7,10-13,15,17-19H,3,8-9,14,16,20-24H2,1-2,4-5H3,(H,37,38)/b7-6+,27-19-,29-13-. The molecule has 1 aliphatic heterocycles. The van der Waals surface area contributed by atoms with E-state index < -0.39 is 5.67 Å². The molecule has 5 heteroatoms. The molecule has 0 atom stereocenters. The van der Waals surface area contributed by atoms with Crippen LogP contribution in [-0.4, -0.2) is 33.6 Å². The van der Waals surface area contributed by atoms with Crippen molar-refractivity contribution in [2.24, 2.45) is 0 Å². The lowest BCUT2D eigenvalue weighted by Crippen LogP contribution is -2.32.